The highest BCUT2D eigenvalue weighted by atomic mass is 35.5. The van der Waals surface area contributed by atoms with Gasteiger partial charge in [-0.25, -0.2) is 9.59 Å². The van der Waals surface area contributed by atoms with Crippen LogP contribution in [-0.2, 0) is 9.59 Å². The van der Waals surface area contributed by atoms with Crippen LogP contribution in [0.3, 0.4) is 0 Å². The van der Waals surface area contributed by atoms with Crippen LogP contribution in [0.25, 0.3) is 0 Å². The lowest BCUT2D eigenvalue weighted by atomic mass is 9.88. The number of benzene rings is 1. The van der Waals surface area contributed by atoms with Crippen molar-refractivity contribution in [1.29, 1.82) is 0 Å². The Morgan fingerprint density at radius 3 is 2.14 bits per heavy atom. The third-order valence-electron chi connectivity index (χ3n) is 5.23. The fraction of sp³-hybridized carbons (Fsp3) is 0.450. The molecule has 1 amide bonds. The summed E-state index contributed by atoms with van der Waals surface area (Å²) in [6.07, 6.45) is 5.96. The molecule has 1 fully saturated rings. The maximum Gasteiger partial charge on any atom is 0.336 e. The van der Waals surface area contributed by atoms with Crippen molar-refractivity contribution in [3.05, 3.63) is 34.9 Å². The van der Waals surface area contributed by atoms with Gasteiger partial charge in [0.2, 0.25) is 0 Å². The van der Waals surface area contributed by atoms with Gasteiger partial charge < -0.3 is 19.3 Å². The van der Waals surface area contributed by atoms with Crippen LogP contribution in [0.5, 0.6) is 11.5 Å². The zero-order chi connectivity index (χ0) is 20.4. The van der Waals surface area contributed by atoms with E-state index in [0.717, 1.165) is 37.8 Å². The van der Waals surface area contributed by atoms with Crippen molar-refractivity contribution in [1.82, 2.24) is 9.80 Å². The molecule has 1 heterocycles. The summed E-state index contributed by atoms with van der Waals surface area (Å²) in [6.45, 7) is 0. The van der Waals surface area contributed by atoms with Crippen LogP contribution in [0.4, 0.5) is 0 Å². The second-order valence-corrected chi connectivity index (χ2v) is 7.63. The lowest BCUT2D eigenvalue weighted by molar-refractivity contribution is -0.133. The molecule has 0 bridgehead atoms. The highest BCUT2D eigenvalue weighted by molar-refractivity contribution is 6.32. The number of likely N-dealkylation sites (N-methyl/N-ethyl adjacent to an activating group) is 2. The molecule has 7 nitrogen and oxygen atoms in total. The number of hydrogen-bond donors (Lipinski definition) is 0. The van der Waals surface area contributed by atoms with Crippen molar-refractivity contribution >= 4 is 29.4 Å². The second-order valence-electron chi connectivity index (χ2n) is 7.23. The molecule has 2 unspecified atom stereocenters. The number of esters is 2. The average molecular weight is 407 g/mol. The normalized spacial score (nSPS) is 23.2. The number of rotatable bonds is 3. The molecule has 1 aromatic carbocycles. The smallest absolute Gasteiger partial charge is 0.336 e. The average Bonchev–Trinajstić information content (AvgIpc) is 2.67. The Morgan fingerprint density at radius 2 is 1.54 bits per heavy atom. The van der Waals surface area contributed by atoms with E-state index in [1.807, 2.05) is 14.1 Å². The van der Waals surface area contributed by atoms with Crippen LogP contribution in [0.2, 0.25) is 5.02 Å². The van der Waals surface area contributed by atoms with Crippen molar-refractivity contribution in [2.45, 2.75) is 37.8 Å². The summed E-state index contributed by atoms with van der Waals surface area (Å²) in [4.78, 5) is 40.9. The van der Waals surface area contributed by atoms with Crippen molar-refractivity contribution in [2.75, 3.05) is 21.1 Å². The first-order chi connectivity index (χ1) is 13.3. The number of carbonyl (C=O) groups excluding carboxylic acids is 3. The Kier molecular flexibility index (Phi) is 6.05. The number of ether oxygens (including phenoxy) is 2. The molecule has 1 aliphatic heterocycles. The summed E-state index contributed by atoms with van der Waals surface area (Å²) in [5, 5.41) is 0.0782. The van der Waals surface area contributed by atoms with Gasteiger partial charge in [-0.1, -0.05) is 24.4 Å². The highest BCUT2D eigenvalue weighted by Crippen LogP contribution is 2.40. The SMILES string of the molecule is CN(C)C1CCCCC1N(C)C(=O)c1ccc(Cl)c2c1OC(=O)/C=C\C(=O)O2. The standard InChI is InChI=1S/C20H23ClN2O5/c1-22(2)14-6-4-5-7-15(14)23(3)20(26)12-8-9-13(21)19-18(12)27-16(24)10-11-17(25)28-19/h8-11,14-15H,4-7H2,1-3H3/b11-10-. The molecule has 0 saturated heterocycles. The molecule has 1 saturated carbocycles. The summed E-state index contributed by atoms with van der Waals surface area (Å²) in [5.41, 5.74) is 0.126. The summed E-state index contributed by atoms with van der Waals surface area (Å²) in [7, 11) is 5.76. The van der Waals surface area contributed by atoms with Gasteiger partial charge in [-0.15, -0.1) is 0 Å². The van der Waals surface area contributed by atoms with E-state index < -0.39 is 11.9 Å². The maximum absolute atomic E-state index is 13.3. The molecule has 150 valence electrons. The molecule has 2 atom stereocenters. The number of amides is 1. The Morgan fingerprint density at radius 1 is 0.964 bits per heavy atom. The number of fused-ring (bicyclic) bond motifs is 1. The lowest BCUT2D eigenvalue weighted by Gasteiger charge is -2.41. The first-order valence-corrected chi connectivity index (χ1v) is 9.55. The Bertz CT molecular complexity index is 836. The predicted octanol–water partition coefficient (Wildman–Crippen LogP) is 2.67. The third kappa shape index (κ3) is 4.05. The zero-order valence-corrected chi connectivity index (χ0v) is 16.9. The van der Waals surface area contributed by atoms with Crippen molar-refractivity contribution in [3.63, 3.8) is 0 Å². The van der Waals surface area contributed by atoms with Crippen LogP contribution in [-0.4, -0.2) is 60.9 Å². The van der Waals surface area contributed by atoms with E-state index in [1.54, 1.807) is 11.9 Å². The summed E-state index contributed by atoms with van der Waals surface area (Å²) >= 11 is 6.13. The van der Waals surface area contributed by atoms with Gasteiger partial charge in [0.25, 0.3) is 5.91 Å². The molecule has 28 heavy (non-hydrogen) atoms. The van der Waals surface area contributed by atoms with Gasteiger partial charge in [0.05, 0.1) is 10.6 Å². The maximum atomic E-state index is 13.3. The molecule has 2 aliphatic rings. The van der Waals surface area contributed by atoms with Crippen molar-refractivity contribution in [3.8, 4) is 11.5 Å². The Labute approximate surface area is 168 Å². The molecule has 1 aliphatic carbocycles. The molecule has 0 spiro atoms. The van der Waals surface area contributed by atoms with Gasteiger partial charge in [-0.05, 0) is 39.1 Å². The van der Waals surface area contributed by atoms with Crippen molar-refractivity contribution < 1.29 is 23.9 Å². The van der Waals surface area contributed by atoms with Crippen LogP contribution in [0.1, 0.15) is 36.0 Å². The van der Waals surface area contributed by atoms with E-state index in [-0.39, 0.29) is 40.1 Å². The molecule has 1 aromatic rings. The summed E-state index contributed by atoms with van der Waals surface area (Å²) in [5.74, 6) is -2.13. The number of hydrogen-bond acceptors (Lipinski definition) is 6. The zero-order valence-electron chi connectivity index (χ0n) is 16.1. The monoisotopic (exact) mass is 406 g/mol. The van der Waals surface area contributed by atoms with E-state index in [0.29, 0.717) is 0 Å². The highest BCUT2D eigenvalue weighted by Gasteiger charge is 2.34. The largest absolute Gasteiger partial charge is 0.418 e. The topological polar surface area (TPSA) is 76.2 Å². The van der Waals surface area contributed by atoms with Crippen LogP contribution < -0.4 is 9.47 Å². The van der Waals surface area contributed by atoms with E-state index in [9.17, 15) is 14.4 Å². The molecule has 3 rings (SSSR count). The molecular weight excluding hydrogens is 384 g/mol. The third-order valence-corrected chi connectivity index (χ3v) is 5.53. The molecule has 0 radical (unpaired) electrons. The fourth-order valence-electron chi connectivity index (χ4n) is 3.80. The minimum atomic E-state index is -0.777. The number of nitrogens with zero attached hydrogens (tertiary/aromatic N) is 2. The van der Waals surface area contributed by atoms with E-state index in [1.165, 1.54) is 12.1 Å². The molecule has 8 heteroatoms. The molecule has 0 aromatic heterocycles. The minimum Gasteiger partial charge on any atom is -0.418 e. The fourth-order valence-corrected chi connectivity index (χ4v) is 3.98. The summed E-state index contributed by atoms with van der Waals surface area (Å²) in [6, 6.07) is 3.20. The van der Waals surface area contributed by atoms with Crippen LogP contribution >= 0.6 is 11.6 Å². The van der Waals surface area contributed by atoms with Gasteiger partial charge in [-0.2, -0.15) is 0 Å². The van der Waals surface area contributed by atoms with Gasteiger partial charge in [0.1, 0.15) is 0 Å². The van der Waals surface area contributed by atoms with Crippen LogP contribution in [0.15, 0.2) is 24.3 Å². The molecule has 0 N–H and O–H groups in total. The first-order valence-electron chi connectivity index (χ1n) is 9.17. The molecular formula is C20H23ClN2O5. The Balaban J connectivity index is 1.98. The lowest BCUT2D eigenvalue weighted by Crippen LogP contribution is -2.51. The van der Waals surface area contributed by atoms with E-state index >= 15 is 0 Å². The van der Waals surface area contributed by atoms with E-state index in [2.05, 4.69) is 4.90 Å². The number of carbonyl (C=O) groups is 3. The van der Waals surface area contributed by atoms with Crippen LogP contribution in [0, 0.1) is 0 Å². The van der Waals surface area contributed by atoms with Crippen molar-refractivity contribution in [2.24, 2.45) is 0 Å². The van der Waals surface area contributed by atoms with Gasteiger partial charge in [-0.3, -0.25) is 4.79 Å². The van der Waals surface area contributed by atoms with Gasteiger partial charge in [0, 0.05) is 31.3 Å². The minimum absolute atomic E-state index is 0.0225. The second kappa shape index (κ2) is 8.32. The number of halogens is 1. The van der Waals surface area contributed by atoms with Gasteiger partial charge in [0.15, 0.2) is 11.5 Å². The quantitative estimate of drug-likeness (QED) is 0.567. The summed E-state index contributed by atoms with van der Waals surface area (Å²) < 4.78 is 10.5. The van der Waals surface area contributed by atoms with Gasteiger partial charge >= 0.3 is 11.9 Å². The Hall–Kier alpha value is -2.38. The first kappa shape index (κ1) is 20.4. The predicted molar refractivity (Wildman–Crippen MR) is 104 cm³/mol. The van der Waals surface area contributed by atoms with E-state index in [4.69, 9.17) is 21.1 Å².